The van der Waals surface area contributed by atoms with E-state index in [1.807, 2.05) is 13.8 Å². The summed E-state index contributed by atoms with van der Waals surface area (Å²) in [5.74, 6) is -0.226. The molecule has 0 aromatic carbocycles. The molecule has 3 nitrogen and oxygen atoms in total. The van der Waals surface area contributed by atoms with Crippen molar-refractivity contribution in [2.75, 3.05) is 0 Å². The number of amides is 1. The van der Waals surface area contributed by atoms with Gasteiger partial charge < -0.3 is 5.32 Å². The standard InChI is InChI=1S/C10H17NO2/c1-4-8(3)11-10(13)7-6-9(12)5-2/h6-8H,4-5H2,1-3H3,(H,11,13)/b7-6-. The Morgan fingerprint density at radius 2 is 1.92 bits per heavy atom. The van der Waals surface area contributed by atoms with Crippen molar-refractivity contribution in [3.8, 4) is 0 Å². The van der Waals surface area contributed by atoms with Crippen molar-refractivity contribution in [2.24, 2.45) is 0 Å². The van der Waals surface area contributed by atoms with E-state index in [-0.39, 0.29) is 17.7 Å². The van der Waals surface area contributed by atoms with Crippen LogP contribution in [0.2, 0.25) is 0 Å². The number of rotatable bonds is 5. The van der Waals surface area contributed by atoms with Crippen LogP contribution in [0.1, 0.15) is 33.6 Å². The third-order valence-corrected chi connectivity index (χ3v) is 1.77. The van der Waals surface area contributed by atoms with Gasteiger partial charge in [-0.15, -0.1) is 0 Å². The van der Waals surface area contributed by atoms with Gasteiger partial charge in [0.1, 0.15) is 0 Å². The SMILES string of the molecule is CCC(=O)/C=C\C(=O)NC(C)CC. The fourth-order valence-corrected chi connectivity index (χ4v) is 0.680. The van der Waals surface area contributed by atoms with Crippen molar-refractivity contribution in [3.63, 3.8) is 0 Å². The Bertz CT molecular complexity index is 209. The molecule has 0 aliphatic rings. The summed E-state index contributed by atoms with van der Waals surface area (Å²) in [6.07, 6.45) is 3.93. The van der Waals surface area contributed by atoms with Crippen LogP contribution >= 0.6 is 0 Å². The maximum absolute atomic E-state index is 11.1. The van der Waals surface area contributed by atoms with Crippen molar-refractivity contribution < 1.29 is 9.59 Å². The van der Waals surface area contributed by atoms with E-state index in [9.17, 15) is 9.59 Å². The summed E-state index contributed by atoms with van der Waals surface area (Å²) in [7, 11) is 0. The average Bonchev–Trinajstić information content (AvgIpc) is 2.13. The third-order valence-electron chi connectivity index (χ3n) is 1.77. The molecular formula is C10H17NO2. The summed E-state index contributed by atoms with van der Waals surface area (Å²) in [6, 6.07) is 0.161. The maximum Gasteiger partial charge on any atom is 0.244 e. The maximum atomic E-state index is 11.1. The van der Waals surface area contributed by atoms with Crippen molar-refractivity contribution >= 4 is 11.7 Å². The largest absolute Gasteiger partial charge is 0.350 e. The van der Waals surface area contributed by atoms with E-state index < -0.39 is 0 Å². The van der Waals surface area contributed by atoms with Crippen LogP contribution in [0.5, 0.6) is 0 Å². The van der Waals surface area contributed by atoms with Crippen molar-refractivity contribution in [1.29, 1.82) is 0 Å². The minimum atomic E-state index is -0.198. The molecule has 3 heteroatoms. The Labute approximate surface area is 79.2 Å². The molecule has 13 heavy (non-hydrogen) atoms. The molecule has 0 fully saturated rings. The molecule has 1 amide bonds. The Hall–Kier alpha value is -1.12. The van der Waals surface area contributed by atoms with E-state index in [0.717, 1.165) is 6.42 Å². The molecule has 0 spiro atoms. The molecule has 0 saturated carbocycles. The highest BCUT2D eigenvalue weighted by molar-refractivity contribution is 5.97. The van der Waals surface area contributed by atoms with Gasteiger partial charge in [0.25, 0.3) is 0 Å². The fourth-order valence-electron chi connectivity index (χ4n) is 0.680. The molecule has 0 bridgehead atoms. The van der Waals surface area contributed by atoms with E-state index in [2.05, 4.69) is 5.32 Å². The van der Waals surface area contributed by atoms with Crippen LogP contribution in [0.3, 0.4) is 0 Å². The monoisotopic (exact) mass is 183 g/mol. The van der Waals surface area contributed by atoms with Crippen molar-refractivity contribution in [1.82, 2.24) is 5.32 Å². The van der Waals surface area contributed by atoms with Crippen molar-refractivity contribution in [2.45, 2.75) is 39.7 Å². The first-order valence-corrected chi connectivity index (χ1v) is 4.61. The van der Waals surface area contributed by atoms with E-state index in [4.69, 9.17) is 0 Å². The molecule has 0 rings (SSSR count). The predicted molar refractivity (Wildman–Crippen MR) is 52.3 cm³/mol. The van der Waals surface area contributed by atoms with Gasteiger partial charge >= 0.3 is 0 Å². The molecule has 0 aliphatic heterocycles. The average molecular weight is 183 g/mol. The lowest BCUT2D eigenvalue weighted by Gasteiger charge is -2.08. The highest BCUT2D eigenvalue weighted by Crippen LogP contribution is 1.89. The minimum Gasteiger partial charge on any atom is -0.350 e. The van der Waals surface area contributed by atoms with E-state index in [1.165, 1.54) is 12.2 Å². The summed E-state index contributed by atoms with van der Waals surface area (Å²) in [6.45, 7) is 5.68. The number of carbonyl (C=O) groups excluding carboxylic acids is 2. The molecule has 0 aliphatic carbocycles. The van der Waals surface area contributed by atoms with Crippen LogP contribution in [-0.2, 0) is 9.59 Å². The number of allylic oxidation sites excluding steroid dienone is 1. The minimum absolute atomic E-state index is 0.0284. The van der Waals surface area contributed by atoms with Crippen LogP contribution in [-0.4, -0.2) is 17.7 Å². The van der Waals surface area contributed by atoms with Crippen LogP contribution in [0.4, 0.5) is 0 Å². The van der Waals surface area contributed by atoms with E-state index in [1.54, 1.807) is 6.92 Å². The first-order valence-electron chi connectivity index (χ1n) is 4.61. The van der Waals surface area contributed by atoms with E-state index in [0.29, 0.717) is 6.42 Å². The summed E-state index contributed by atoms with van der Waals surface area (Å²) in [4.78, 5) is 21.9. The Morgan fingerprint density at radius 1 is 1.31 bits per heavy atom. The molecule has 1 unspecified atom stereocenters. The van der Waals surface area contributed by atoms with Gasteiger partial charge in [-0.2, -0.15) is 0 Å². The lowest BCUT2D eigenvalue weighted by molar-refractivity contribution is -0.118. The second-order valence-electron chi connectivity index (χ2n) is 2.97. The first-order chi connectivity index (χ1) is 6.10. The Balaban J connectivity index is 3.87. The molecule has 0 saturated heterocycles. The van der Waals surface area contributed by atoms with Crippen LogP contribution in [0.15, 0.2) is 12.2 Å². The topological polar surface area (TPSA) is 46.2 Å². The zero-order valence-corrected chi connectivity index (χ0v) is 8.46. The molecule has 1 atom stereocenters. The highest BCUT2D eigenvalue weighted by atomic mass is 16.1. The smallest absolute Gasteiger partial charge is 0.244 e. The quantitative estimate of drug-likeness (QED) is 0.655. The Kier molecular flexibility index (Phi) is 5.85. The fraction of sp³-hybridized carbons (Fsp3) is 0.600. The van der Waals surface area contributed by atoms with Gasteiger partial charge in [0.2, 0.25) is 5.91 Å². The molecule has 1 N–H and O–H groups in total. The van der Waals surface area contributed by atoms with Crippen LogP contribution < -0.4 is 5.32 Å². The van der Waals surface area contributed by atoms with Gasteiger partial charge in [-0.1, -0.05) is 13.8 Å². The first kappa shape index (κ1) is 11.9. The zero-order valence-electron chi connectivity index (χ0n) is 8.46. The highest BCUT2D eigenvalue weighted by Gasteiger charge is 2.01. The molecule has 0 aromatic heterocycles. The van der Waals surface area contributed by atoms with Gasteiger partial charge in [0, 0.05) is 18.5 Å². The molecular weight excluding hydrogens is 166 g/mol. The summed E-state index contributed by atoms with van der Waals surface area (Å²) in [5.41, 5.74) is 0. The van der Waals surface area contributed by atoms with E-state index >= 15 is 0 Å². The Morgan fingerprint density at radius 3 is 2.38 bits per heavy atom. The number of hydrogen-bond donors (Lipinski definition) is 1. The molecule has 0 radical (unpaired) electrons. The number of ketones is 1. The number of carbonyl (C=O) groups is 2. The lowest BCUT2D eigenvalue weighted by atomic mass is 10.2. The summed E-state index contributed by atoms with van der Waals surface area (Å²) >= 11 is 0. The number of nitrogens with one attached hydrogen (secondary N) is 1. The summed E-state index contributed by atoms with van der Waals surface area (Å²) in [5, 5.41) is 2.73. The van der Waals surface area contributed by atoms with Gasteiger partial charge in [-0.25, -0.2) is 0 Å². The lowest BCUT2D eigenvalue weighted by Crippen LogP contribution is -2.30. The van der Waals surface area contributed by atoms with Gasteiger partial charge in [0.15, 0.2) is 5.78 Å². The van der Waals surface area contributed by atoms with Gasteiger partial charge in [0.05, 0.1) is 0 Å². The second kappa shape index (κ2) is 6.40. The van der Waals surface area contributed by atoms with Crippen LogP contribution in [0.25, 0.3) is 0 Å². The normalized spacial score (nSPS) is 12.8. The number of hydrogen-bond acceptors (Lipinski definition) is 2. The van der Waals surface area contributed by atoms with Gasteiger partial charge in [-0.05, 0) is 19.4 Å². The van der Waals surface area contributed by atoms with Crippen LogP contribution in [0, 0.1) is 0 Å². The zero-order chi connectivity index (χ0) is 10.3. The van der Waals surface area contributed by atoms with Gasteiger partial charge in [-0.3, -0.25) is 9.59 Å². The predicted octanol–water partition coefficient (Wildman–Crippen LogP) is 1.44. The summed E-state index contributed by atoms with van der Waals surface area (Å²) < 4.78 is 0. The molecule has 74 valence electrons. The second-order valence-corrected chi connectivity index (χ2v) is 2.97. The third kappa shape index (κ3) is 6.08. The molecule has 0 heterocycles. The molecule has 0 aromatic rings. The van der Waals surface area contributed by atoms with Crippen molar-refractivity contribution in [3.05, 3.63) is 12.2 Å².